The number of hydrogen-bond acceptors (Lipinski definition) is 14. The number of anilines is 4. The average molecular weight is 1380 g/mol. The summed E-state index contributed by atoms with van der Waals surface area (Å²) in [6.07, 6.45) is 25.2. The van der Waals surface area contributed by atoms with E-state index in [1.807, 2.05) is 26.0 Å². The molecule has 0 aliphatic heterocycles. The van der Waals surface area contributed by atoms with Gasteiger partial charge in [-0.3, -0.25) is 9.59 Å². The molecule has 0 spiro atoms. The lowest BCUT2D eigenvalue weighted by atomic mass is 9.95. The van der Waals surface area contributed by atoms with E-state index in [2.05, 4.69) is 126 Å². The van der Waals surface area contributed by atoms with Crippen molar-refractivity contribution in [2.75, 3.05) is 59.8 Å². The van der Waals surface area contributed by atoms with Crippen molar-refractivity contribution in [2.45, 2.75) is 251 Å². The Kier molecular flexibility index (Phi) is 38.8. The highest BCUT2D eigenvalue weighted by molar-refractivity contribution is 5.98. The van der Waals surface area contributed by atoms with Crippen molar-refractivity contribution in [1.82, 2.24) is 0 Å². The quantitative estimate of drug-likeness (QED) is 0.0216. The van der Waals surface area contributed by atoms with Crippen LogP contribution in [0.5, 0.6) is 23.0 Å². The third-order valence-electron chi connectivity index (χ3n) is 19.6. The molecule has 16 heteroatoms. The number of amides is 2. The van der Waals surface area contributed by atoms with Gasteiger partial charge in [-0.1, -0.05) is 186 Å². The maximum Gasteiger partial charge on any atom is 0.343 e. The van der Waals surface area contributed by atoms with Crippen molar-refractivity contribution in [1.29, 1.82) is 0 Å². The van der Waals surface area contributed by atoms with Crippen molar-refractivity contribution >= 4 is 69.3 Å². The van der Waals surface area contributed by atoms with Crippen LogP contribution in [0.25, 0.3) is 0 Å². The molecule has 0 heterocycles. The van der Waals surface area contributed by atoms with Crippen molar-refractivity contribution in [3.05, 3.63) is 108 Å². The molecule has 0 aliphatic rings. The van der Waals surface area contributed by atoms with Gasteiger partial charge in [0.25, 0.3) is 0 Å². The second-order valence-corrected chi connectivity index (χ2v) is 27.2. The number of ether oxygens (including phenoxy) is 4. The summed E-state index contributed by atoms with van der Waals surface area (Å²) in [4.78, 5) is 60.3. The summed E-state index contributed by atoms with van der Waals surface area (Å²) in [5, 5.41) is 25.4. The van der Waals surface area contributed by atoms with Crippen molar-refractivity contribution in [2.24, 2.45) is 56.0 Å². The zero-order chi connectivity index (χ0) is 72.6. The standard InChI is InChI=1S/C84H126N8O8/c1-15-29-35-61(21-7)57-91(58-62(22-8)36-30-16-2)77-53-73(85-81(93)65(25-11)39-33-19-5)75(55-79(77)97-27-13)89-87-69-45-41-67(42-46-69)83(95)99-71-49-51-72(52-50-71)100-84(96)68-43-47-70(48-44-68)88-90-76-56-80(98-28-14)78(54-74(76)86-82(94)66(26-12)40-34-20-6)92(59-63(23-9)37-31-17-3)60-64(24-10)38-32-18-4/h41-56,61-66H,15-40,57-60H2,1-14H3,(H,85,93)(H,86,94)/b89-87+,90-88?. The minimum absolute atomic E-state index is 0.0338. The van der Waals surface area contributed by atoms with Crippen molar-refractivity contribution in [3.63, 3.8) is 0 Å². The van der Waals surface area contributed by atoms with Crippen molar-refractivity contribution in [3.8, 4) is 23.0 Å². The Hall–Kier alpha value is -7.62. The highest BCUT2D eigenvalue weighted by Crippen LogP contribution is 2.44. The molecule has 0 radical (unpaired) electrons. The summed E-state index contributed by atoms with van der Waals surface area (Å²) in [6.45, 7) is 35.0. The van der Waals surface area contributed by atoms with Gasteiger partial charge in [-0.15, -0.1) is 10.2 Å². The van der Waals surface area contributed by atoms with E-state index >= 15 is 0 Å². The van der Waals surface area contributed by atoms with Crippen LogP contribution in [-0.2, 0) is 9.59 Å². The molecule has 0 fully saturated rings. The SMILES string of the molecule is CCCCC(CC)CN(CC(CC)CCCC)c1cc(NC(=O)C(CC)CCCC)c(N=Nc2ccc(C(=O)Oc3ccc(OC(=O)c4ccc(/N=N/c5cc(OCC)c(N(CC(CC)CCCC)CC(CC)CCCC)cc5NC(=O)C(CC)CCCC)cc4)cc3)cc2)cc1OCC. The first kappa shape index (κ1) is 83.0. The second-order valence-electron chi connectivity index (χ2n) is 27.2. The summed E-state index contributed by atoms with van der Waals surface area (Å²) in [5.41, 5.74) is 5.61. The first-order chi connectivity index (χ1) is 48.6. The summed E-state index contributed by atoms with van der Waals surface area (Å²) < 4.78 is 24.4. The second kappa shape index (κ2) is 46.7. The number of nitrogens with zero attached hydrogens (tertiary/aromatic N) is 6. The number of carbonyl (C=O) groups excluding carboxylic acids is 4. The highest BCUT2D eigenvalue weighted by atomic mass is 16.5. The number of carbonyl (C=O) groups is 4. The minimum Gasteiger partial charge on any atom is -0.492 e. The van der Waals surface area contributed by atoms with E-state index in [0.29, 0.717) is 93.6 Å². The summed E-state index contributed by atoms with van der Waals surface area (Å²) in [7, 11) is 0. The van der Waals surface area contributed by atoms with Gasteiger partial charge in [0.1, 0.15) is 34.4 Å². The number of rotatable bonds is 50. The van der Waals surface area contributed by atoms with Crippen LogP contribution in [0.15, 0.2) is 118 Å². The fourth-order valence-electron chi connectivity index (χ4n) is 12.8. The number of unbranched alkanes of at least 4 members (excludes halogenated alkanes) is 6. The Labute approximate surface area is 602 Å². The fourth-order valence-corrected chi connectivity index (χ4v) is 12.8. The molecule has 2 amide bonds. The highest BCUT2D eigenvalue weighted by Gasteiger charge is 2.28. The number of hydrogen-bond donors (Lipinski definition) is 2. The van der Waals surface area contributed by atoms with E-state index < -0.39 is 11.9 Å². The van der Waals surface area contributed by atoms with Gasteiger partial charge in [-0.05, 0) is 174 Å². The molecule has 6 unspecified atom stereocenters. The molecular formula is C84H126N8O8. The van der Waals surface area contributed by atoms with Gasteiger partial charge in [0.15, 0.2) is 0 Å². The third kappa shape index (κ3) is 27.4. The number of azo groups is 2. The van der Waals surface area contributed by atoms with E-state index in [1.165, 1.54) is 25.7 Å². The van der Waals surface area contributed by atoms with Crippen LogP contribution in [0.1, 0.15) is 272 Å². The monoisotopic (exact) mass is 1370 g/mol. The smallest absolute Gasteiger partial charge is 0.343 e. The zero-order valence-corrected chi connectivity index (χ0v) is 63.9. The molecule has 5 aromatic rings. The van der Waals surface area contributed by atoms with E-state index in [4.69, 9.17) is 29.2 Å². The molecule has 100 heavy (non-hydrogen) atoms. The molecular weight excluding hydrogens is 1250 g/mol. The van der Waals surface area contributed by atoms with Gasteiger partial charge in [0.05, 0.1) is 58.5 Å². The summed E-state index contributed by atoms with van der Waals surface area (Å²) in [6, 6.07) is 27.5. The number of esters is 2. The average Bonchev–Trinajstić information content (AvgIpc) is 0.807. The van der Waals surface area contributed by atoms with Gasteiger partial charge in [-0.25, -0.2) is 9.59 Å². The maximum absolute atomic E-state index is 14.1. The molecule has 0 saturated heterocycles. The maximum atomic E-state index is 14.1. The normalized spacial score (nSPS) is 13.3. The Bertz CT molecular complexity index is 2990. The minimum atomic E-state index is -0.589. The van der Waals surface area contributed by atoms with Gasteiger partial charge in [-0.2, -0.15) is 10.2 Å². The van der Waals surface area contributed by atoms with Gasteiger partial charge >= 0.3 is 11.9 Å². The third-order valence-corrected chi connectivity index (χ3v) is 19.6. The Morgan fingerprint density at radius 3 is 0.940 bits per heavy atom. The fraction of sp³-hybridized carbons (Fsp3) is 0.595. The Balaban J connectivity index is 1.35. The molecule has 2 N–H and O–H groups in total. The topological polar surface area (TPSA) is 185 Å². The van der Waals surface area contributed by atoms with E-state index in [-0.39, 0.29) is 35.1 Å². The first-order valence-electron chi connectivity index (χ1n) is 38.9. The molecule has 16 nitrogen and oxygen atoms in total. The molecule has 5 aromatic carbocycles. The molecule has 5 rings (SSSR count). The first-order valence-corrected chi connectivity index (χ1v) is 38.9. The van der Waals surface area contributed by atoms with E-state index in [0.717, 1.165) is 166 Å². The van der Waals surface area contributed by atoms with E-state index in [9.17, 15) is 19.2 Å². The molecule has 0 saturated carbocycles. The summed E-state index contributed by atoms with van der Waals surface area (Å²) in [5.74, 6) is 2.40. The summed E-state index contributed by atoms with van der Waals surface area (Å²) >= 11 is 0. The molecule has 550 valence electrons. The van der Waals surface area contributed by atoms with Gasteiger partial charge in [0.2, 0.25) is 11.8 Å². The van der Waals surface area contributed by atoms with Crippen LogP contribution in [0.4, 0.5) is 45.5 Å². The van der Waals surface area contributed by atoms with Crippen LogP contribution in [0, 0.1) is 35.5 Å². The van der Waals surface area contributed by atoms with Crippen LogP contribution in [-0.4, -0.2) is 63.1 Å². The predicted octanol–water partition coefficient (Wildman–Crippen LogP) is 24.5. The lowest BCUT2D eigenvalue weighted by Gasteiger charge is -2.34. The van der Waals surface area contributed by atoms with Gasteiger partial charge in [0, 0.05) is 50.1 Å². The predicted molar refractivity (Wildman–Crippen MR) is 414 cm³/mol. The Morgan fingerprint density at radius 1 is 0.370 bits per heavy atom. The molecule has 0 aromatic heterocycles. The van der Waals surface area contributed by atoms with Crippen molar-refractivity contribution < 1.29 is 38.1 Å². The Morgan fingerprint density at radius 2 is 0.670 bits per heavy atom. The zero-order valence-electron chi connectivity index (χ0n) is 63.9. The van der Waals surface area contributed by atoms with Gasteiger partial charge < -0.3 is 39.4 Å². The molecule has 0 bridgehead atoms. The van der Waals surface area contributed by atoms with Crippen LogP contribution < -0.4 is 39.4 Å². The molecule has 0 aliphatic carbocycles. The van der Waals surface area contributed by atoms with Crippen LogP contribution >= 0.6 is 0 Å². The lowest BCUT2D eigenvalue weighted by Crippen LogP contribution is -2.34. The molecule has 6 atom stereocenters. The largest absolute Gasteiger partial charge is 0.492 e. The van der Waals surface area contributed by atoms with Crippen LogP contribution in [0.3, 0.4) is 0 Å². The number of benzene rings is 5. The van der Waals surface area contributed by atoms with Crippen LogP contribution in [0.2, 0.25) is 0 Å². The van der Waals surface area contributed by atoms with E-state index in [1.54, 1.807) is 72.8 Å². The lowest BCUT2D eigenvalue weighted by molar-refractivity contribution is -0.121. The number of nitrogens with one attached hydrogen (secondary N) is 2.